The molecule has 2 amide bonds. The number of imidazole rings is 1. The molecule has 0 fully saturated rings. The maximum Gasteiger partial charge on any atom is 0.255 e. The number of thioether (sulfide) groups is 1. The summed E-state index contributed by atoms with van der Waals surface area (Å²) in [6.07, 6.45) is 0. The largest absolute Gasteiger partial charge is 0.369 e. The number of rotatable bonds is 6. The smallest absolute Gasteiger partial charge is 0.255 e. The molecule has 0 aliphatic carbocycles. The second-order valence-electron chi connectivity index (χ2n) is 6.74. The van der Waals surface area contributed by atoms with E-state index in [0.717, 1.165) is 27.4 Å². The number of anilines is 1. The molecular weight excluding hydrogens is 396 g/mol. The van der Waals surface area contributed by atoms with Crippen LogP contribution in [0.1, 0.15) is 16.2 Å². The molecule has 1 heterocycles. The van der Waals surface area contributed by atoms with Crippen LogP contribution < -0.4 is 11.1 Å². The number of benzene rings is 3. The monoisotopic (exact) mass is 416 g/mol. The topological polar surface area (TPSA) is 90.0 Å². The third-order valence-corrected chi connectivity index (χ3v) is 5.70. The van der Waals surface area contributed by atoms with Crippen LogP contribution in [0.4, 0.5) is 5.69 Å². The molecule has 0 saturated carbocycles. The van der Waals surface area contributed by atoms with Crippen molar-refractivity contribution >= 4 is 40.3 Å². The zero-order valence-electron chi connectivity index (χ0n) is 16.3. The van der Waals surface area contributed by atoms with Gasteiger partial charge < -0.3 is 11.1 Å². The molecule has 0 saturated heterocycles. The number of aromatic nitrogens is 2. The summed E-state index contributed by atoms with van der Waals surface area (Å²) in [5, 5.41) is 2.92. The van der Waals surface area contributed by atoms with Gasteiger partial charge in [-0.15, -0.1) is 11.8 Å². The summed E-state index contributed by atoms with van der Waals surface area (Å²) in [6.45, 7) is 1.94. The molecule has 0 atom stereocenters. The van der Waals surface area contributed by atoms with Gasteiger partial charge in [-0.2, -0.15) is 0 Å². The molecule has 30 heavy (non-hydrogen) atoms. The van der Waals surface area contributed by atoms with Crippen molar-refractivity contribution in [1.29, 1.82) is 0 Å². The number of fused-ring (bicyclic) bond motifs is 1. The van der Waals surface area contributed by atoms with Crippen LogP contribution in [0.25, 0.3) is 16.7 Å². The SMILES string of the molecule is Cc1nc2cc(C(=O)Nc3ccccc3SCC(N)=O)ccc2n1-c1ccccc1. The number of carbonyl (C=O) groups excluding carboxylic acids is 2. The Bertz CT molecular complexity index is 1230. The van der Waals surface area contributed by atoms with Crippen molar-refractivity contribution in [2.75, 3.05) is 11.1 Å². The second kappa shape index (κ2) is 8.42. The van der Waals surface area contributed by atoms with Crippen LogP contribution in [-0.2, 0) is 4.79 Å². The highest BCUT2D eigenvalue weighted by Crippen LogP contribution is 2.28. The summed E-state index contributed by atoms with van der Waals surface area (Å²) in [6, 6.07) is 22.8. The number of amides is 2. The van der Waals surface area contributed by atoms with Crippen LogP contribution in [-0.4, -0.2) is 27.1 Å². The average Bonchev–Trinajstić information content (AvgIpc) is 3.08. The number of nitrogens with zero attached hydrogens (tertiary/aromatic N) is 2. The van der Waals surface area contributed by atoms with Gasteiger partial charge in [0, 0.05) is 16.1 Å². The van der Waals surface area contributed by atoms with E-state index in [4.69, 9.17) is 5.73 Å². The number of carbonyl (C=O) groups is 2. The van der Waals surface area contributed by atoms with Crippen LogP contribution in [0.15, 0.2) is 77.7 Å². The Balaban J connectivity index is 1.62. The maximum atomic E-state index is 12.9. The second-order valence-corrected chi connectivity index (χ2v) is 7.76. The summed E-state index contributed by atoms with van der Waals surface area (Å²) in [5.74, 6) is 0.350. The van der Waals surface area contributed by atoms with Crippen molar-refractivity contribution in [2.24, 2.45) is 5.73 Å². The Morgan fingerprint density at radius 1 is 1.03 bits per heavy atom. The highest BCUT2D eigenvalue weighted by Gasteiger charge is 2.14. The van der Waals surface area contributed by atoms with Crippen molar-refractivity contribution in [1.82, 2.24) is 9.55 Å². The first-order valence-corrected chi connectivity index (χ1v) is 10.4. The molecule has 4 aromatic rings. The number of nitrogens with two attached hydrogens (primary N) is 1. The molecule has 3 aromatic carbocycles. The molecule has 1 aromatic heterocycles. The van der Waals surface area contributed by atoms with E-state index in [1.165, 1.54) is 11.8 Å². The van der Waals surface area contributed by atoms with E-state index < -0.39 is 5.91 Å². The van der Waals surface area contributed by atoms with Crippen molar-refractivity contribution in [3.63, 3.8) is 0 Å². The Morgan fingerprint density at radius 2 is 1.77 bits per heavy atom. The van der Waals surface area contributed by atoms with Crippen LogP contribution >= 0.6 is 11.8 Å². The van der Waals surface area contributed by atoms with Gasteiger partial charge in [0.1, 0.15) is 5.82 Å². The van der Waals surface area contributed by atoms with E-state index in [1.54, 1.807) is 18.2 Å². The molecule has 4 rings (SSSR count). The van der Waals surface area contributed by atoms with Crippen molar-refractivity contribution in [3.05, 3.63) is 84.2 Å². The zero-order chi connectivity index (χ0) is 21.1. The average molecular weight is 417 g/mol. The first-order chi connectivity index (χ1) is 14.5. The van der Waals surface area contributed by atoms with Crippen molar-refractivity contribution in [3.8, 4) is 5.69 Å². The van der Waals surface area contributed by atoms with Gasteiger partial charge in [0.25, 0.3) is 5.91 Å². The first kappa shape index (κ1) is 19.7. The normalized spacial score (nSPS) is 10.8. The van der Waals surface area contributed by atoms with Crippen molar-refractivity contribution < 1.29 is 9.59 Å². The lowest BCUT2D eigenvalue weighted by molar-refractivity contribution is -0.115. The Labute approximate surface area is 178 Å². The Kier molecular flexibility index (Phi) is 5.54. The fraction of sp³-hybridized carbons (Fsp3) is 0.0870. The Morgan fingerprint density at radius 3 is 2.53 bits per heavy atom. The van der Waals surface area contributed by atoms with Crippen LogP contribution in [0.5, 0.6) is 0 Å². The number of nitrogens with one attached hydrogen (secondary N) is 1. The van der Waals surface area contributed by atoms with Crippen LogP contribution in [0.3, 0.4) is 0 Å². The maximum absolute atomic E-state index is 12.9. The van der Waals surface area contributed by atoms with Crippen LogP contribution in [0, 0.1) is 6.92 Å². The minimum Gasteiger partial charge on any atom is -0.369 e. The van der Waals surface area contributed by atoms with E-state index in [1.807, 2.05) is 61.5 Å². The quantitative estimate of drug-likeness (QED) is 0.462. The molecule has 0 bridgehead atoms. The summed E-state index contributed by atoms with van der Waals surface area (Å²) in [7, 11) is 0. The Hall–Kier alpha value is -3.58. The summed E-state index contributed by atoms with van der Waals surface area (Å²) in [4.78, 5) is 29.4. The lowest BCUT2D eigenvalue weighted by Crippen LogP contribution is -2.14. The van der Waals surface area contributed by atoms with Gasteiger partial charge in [0.2, 0.25) is 5.91 Å². The molecule has 0 unspecified atom stereocenters. The highest BCUT2D eigenvalue weighted by atomic mass is 32.2. The third kappa shape index (κ3) is 4.06. The lowest BCUT2D eigenvalue weighted by Gasteiger charge is -2.10. The fourth-order valence-electron chi connectivity index (χ4n) is 3.28. The van der Waals surface area contributed by atoms with Gasteiger partial charge >= 0.3 is 0 Å². The van der Waals surface area contributed by atoms with Gasteiger partial charge in [-0.05, 0) is 49.4 Å². The predicted octanol–water partition coefficient (Wildman–Crippen LogP) is 4.16. The molecule has 150 valence electrons. The number of para-hydroxylation sites is 2. The van der Waals surface area contributed by atoms with Gasteiger partial charge in [-0.3, -0.25) is 14.2 Å². The minimum absolute atomic E-state index is 0.148. The van der Waals surface area contributed by atoms with E-state index in [2.05, 4.69) is 14.9 Å². The van der Waals surface area contributed by atoms with E-state index in [9.17, 15) is 9.59 Å². The van der Waals surface area contributed by atoms with Crippen LogP contribution in [0.2, 0.25) is 0 Å². The molecule has 0 radical (unpaired) electrons. The fourth-order valence-corrected chi connectivity index (χ4v) is 4.03. The highest BCUT2D eigenvalue weighted by molar-refractivity contribution is 8.00. The number of aryl methyl sites for hydroxylation is 1. The lowest BCUT2D eigenvalue weighted by atomic mass is 10.1. The molecular formula is C23H20N4O2S. The number of hydrogen-bond acceptors (Lipinski definition) is 4. The van der Waals surface area contributed by atoms with Crippen molar-refractivity contribution in [2.45, 2.75) is 11.8 Å². The molecule has 7 heteroatoms. The van der Waals surface area contributed by atoms with Gasteiger partial charge in [0.15, 0.2) is 0 Å². The number of primary amides is 1. The third-order valence-electron chi connectivity index (χ3n) is 4.60. The summed E-state index contributed by atoms with van der Waals surface area (Å²) < 4.78 is 2.06. The molecule has 0 aliphatic heterocycles. The number of hydrogen-bond donors (Lipinski definition) is 2. The minimum atomic E-state index is -0.407. The van der Waals surface area contributed by atoms with Gasteiger partial charge in [-0.1, -0.05) is 30.3 Å². The molecule has 0 aliphatic rings. The summed E-state index contributed by atoms with van der Waals surface area (Å²) >= 11 is 1.29. The van der Waals surface area contributed by atoms with Gasteiger partial charge in [0.05, 0.1) is 22.5 Å². The van der Waals surface area contributed by atoms with Gasteiger partial charge in [-0.25, -0.2) is 4.98 Å². The van der Waals surface area contributed by atoms with E-state index in [-0.39, 0.29) is 11.7 Å². The predicted molar refractivity (Wildman–Crippen MR) is 120 cm³/mol. The standard InChI is InChI=1S/C23H20N4O2S/c1-15-25-19-13-16(11-12-20(19)27(15)17-7-3-2-4-8-17)23(29)26-18-9-5-6-10-21(18)30-14-22(24)28/h2-13H,14H2,1H3,(H2,24,28)(H,26,29). The van der Waals surface area contributed by atoms with E-state index >= 15 is 0 Å². The molecule has 0 spiro atoms. The zero-order valence-corrected chi connectivity index (χ0v) is 17.1. The molecule has 3 N–H and O–H groups in total. The first-order valence-electron chi connectivity index (χ1n) is 9.39. The molecule has 6 nitrogen and oxygen atoms in total. The van der Waals surface area contributed by atoms with E-state index in [0.29, 0.717) is 11.3 Å². The summed E-state index contributed by atoms with van der Waals surface area (Å²) in [5.41, 5.74) is 9.09.